The Morgan fingerprint density at radius 3 is 2.30 bits per heavy atom. The molecule has 0 atom stereocenters. The molecule has 0 aromatic heterocycles. The van der Waals surface area contributed by atoms with E-state index in [0.29, 0.717) is 0 Å². The highest BCUT2D eigenvalue weighted by Crippen LogP contribution is 2.10. The second-order valence-electron chi connectivity index (χ2n) is 4.41. The Morgan fingerprint density at radius 1 is 1.00 bits per heavy atom. The van der Waals surface area contributed by atoms with Crippen LogP contribution in [0.25, 0.3) is 0 Å². The van der Waals surface area contributed by atoms with Gasteiger partial charge >= 0.3 is 5.97 Å². The standard InChI is InChI=1S/C18H16O2/c1-20-18(19)9-5-8-15-10-12-17(13-11-15)14-16-6-3-2-4-7-16/h2-4,6-7,10-13H,9,14H2,1H3. The summed E-state index contributed by atoms with van der Waals surface area (Å²) in [5, 5.41) is 0. The van der Waals surface area contributed by atoms with Gasteiger partial charge in [0.25, 0.3) is 0 Å². The van der Waals surface area contributed by atoms with E-state index in [4.69, 9.17) is 0 Å². The Kier molecular flexibility index (Phi) is 4.97. The first-order valence-corrected chi connectivity index (χ1v) is 6.46. The lowest BCUT2D eigenvalue weighted by molar-refractivity contribution is -0.139. The Hall–Kier alpha value is -2.53. The van der Waals surface area contributed by atoms with Gasteiger partial charge in [0.15, 0.2) is 0 Å². The summed E-state index contributed by atoms with van der Waals surface area (Å²) in [6.45, 7) is 0. The molecule has 2 nitrogen and oxygen atoms in total. The lowest BCUT2D eigenvalue weighted by Gasteiger charge is -2.01. The molecule has 100 valence electrons. The zero-order chi connectivity index (χ0) is 14.2. The first-order valence-electron chi connectivity index (χ1n) is 6.46. The first-order chi connectivity index (χ1) is 9.78. The SMILES string of the molecule is COC(=O)CC#Cc1ccc(Cc2ccccc2)cc1. The van der Waals surface area contributed by atoms with Crippen molar-refractivity contribution < 1.29 is 9.53 Å². The number of methoxy groups -OCH3 is 1. The van der Waals surface area contributed by atoms with E-state index in [-0.39, 0.29) is 12.4 Å². The van der Waals surface area contributed by atoms with E-state index < -0.39 is 0 Å². The molecule has 2 rings (SSSR count). The molecule has 0 aliphatic heterocycles. The summed E-state index contributed by atoms with van der Waals surface area (Å²) in [6, 6.07) is 18.4. The van der Waals surface area contributed by atoms with Crippen LogP contribution in [0.5, 0.6) is 0 Å². The topological polar surface area (TPSA) is 26.3 Å². The molecule has 2 aromatic rings. The van der Waals surface area contributed by atoms with Crippen molar-refractivity contribution in [1.29, 1.82) is 0 Å². The second kappa shape index (κ2) is 7.16. The number of hydrogen-bond donors (Lipinski definition) is 0. The molecule has 0 aliphatic rings. The van der Waals surface area contributed by atoms with Gasteiger partial charge in [-0.2, -0.15) is 0 Å². The second-order valence-corrected chi connectivity index (χ2v) is 4.41. The number of rotatable bonds is 3. The highest BCUT2D eigenvalue weighted by molar-refractivity contribution is 5.72. The van der Waals surface area contributed by atoms with Crippen LogP contribution in [0.15, 0.2) is 54.6 Å². The third-order valence-electron chi connectivity index (χ3n) is 2.90. The minimum absolute atomic E-state index is 0.127. The highest BCUT2D eigenvalue weighted by atomic mass is 16.5. The van der Waals surface area contributed by atoms with Gasteiger partial charge in [-0.3, -0.25) is 4.79 Å². The van der Waals surface area contributed by atoms with Gasteiger partial charge in [-0.05, 0) is 29.7 Å². The van der Waals surface area contributed by atoms with Crippen molar-refractivity contribution in [2.24, 2.45) is 0 Å². The first kappa shape index (κ1) is 13.9. The Morgan fingerprint density at radius 2 is 1.65 bits per heavy atom. The largest absolute Gasteiger partial charge is 0.468 e. The zero-order valence-corrected chi connectivity index (χ0v) is 11.4. The van der Waals surface area contributed by atoms with Crippen molar-refractivity contribution in [3.8, 4) is 11.8 Å². The summed E-state index contributed by atoms with van der Waals surface area (Å²) in [6.07, 6.45) is 1.04. The minimum atomic E-state index is -0.307. The van der Waals surface area contributed by atoms with E-state index in [2.05, 4.69) is 40.8 Å². The molecule has 0 saturated carbocycles. The molecular weight excluding hydrogens is 248 g/mol. The van der Waals surface area contributed by atoms with Gasteiger partial charge in [-0.25, -0.2) is 0 Å². The van der Waals surface area contributed by atoms with Crippen LogP contribution in [0.4, 0.5) is 0 Å². The maximum absolute atomic E-state index is 10.9. The molecule has 0 heterocycles. The van der Waals surface area contributed by atoms with E-state index >= 15 is 0 Å². The van der Waals surface area contributed by atoms with E-state index in [0.717, 1.165) is 12.0 Å². The summed E-state index contributed by atoms with van der Waals surface area (Å²) in [7, 11) is 1.36. The number of benzene rings is 2. The van der Waals surface area contributed by atoms with Gasteiger partial charge < -0.3 is 4.74 Å². The van der Waals surface area contributed by atoms with Crippen molar-refractivity contribution in [2.45, 2.75) is 12.8 Å². The predicted octanol–water partition coefficient (Wildman–Crippen LogP) is 3.19. The van der Waals surface area contributed by atoms with Gasteiger partial charge in [0, 0.05) is 5.56 Å². The molecule has 0 fully saturated rings. The molecule has 2 aromatic carbocycles. The average molecular weight is 264 g/mol. The smallest absolute Gasteiger partial charge is 0.317 e. The monoisotopic (exact) mass is 264 g/mol. The van der Waals surface area contributed by atoms with Crippen LogP contribution in [-0.4, -0.2) is 13.1 Å². The lowest BCUT2D eigenvalue weighted by Crippen LogP contribution is -1.97. The van der Waals surface area contributed by atoms with Crippen molar-refractivity contribution in [2.75, 3.05) is 7.11 Å². The number of hydrogen-bond acceptors (Lipinski definition) is 2. The number of carbonyl (C=O) groups excluding carboxylic acids is 1. The summed E-state index contributed by atoms with van der Waals surface area (Å²) in [5.74, 6) is 5.44. The third-order valence-corrected chi connectivity index (χ3v) is 2.90. The molecule has 0 amide bonds. The molecule has 2 heteroatoms. The maximum atomic E-state index is 10.9. The molecule has 0 radical (unpaired) electrons. The Bertz CT molecular complexity index is 616. The van der Waals surface area contributed by atoms with Gasteiger partial charge in [0.1, 0.15) is 6.42 Å². The summed E-state index contributed by atoms with van der Waals surface area (Å²) >= 11 is 0. The number of esters is 1. The summed E-state index contributed by atoms with van der Waals surface area (Å²) in [5.41, 5.74) is 3.44. The van der Waals surface area contributed by atoms with E-state index in [1.54, 1.807) is 0 Å². The maximum Gasteiger partial charge on any atom is 0.317 e. The Labute approximate surface area is 119 Å². The van der Waals surface area contributed by atoms with Crippen LogP contribution in [0, 0.1) is 11.8 Å². The normalized spacial score (nSPS) is 9.45. The fourth-order valence-corrected chi connectivity index (χ4v) is 1.83. The molecule has 0 saturated heterocycles. The molecule has 0 unspecified atom stereocenters. The number of ether oxygens (including phenoxy) is 1. The number of carbonyl (C=O) groups is 1. The molecule has 0 spiro atoms. The summed E-state index contributed by atoms with van der Waals surface area (Å²) < 4.78 is 4.53. The van der Waals surface area contributed by atoms with E-state index in [1.165, 1.54) is 18.2 Å². The quantitative estimate of drug-likeness (QED) is 0.628. The molecular formula is C18H16O2. The predicted molar refractivity (Wildman–Crippen MR) is 79.2 cm³/mol. The van der Waals surface area contributed by atoms with Crippen LogP contribution in [0.2, 0.25) is 0 Å². The molecule has 20 heavy (non-hydrogen) atoms. The zero-order valence-electron chi connectivity index (χ0n) is 11.4. The van der Waals surface area contributed by atoms with Gasteiger partial charge in [-0.15, -0.1) is 0 Å². The average Bonchev–Trinajstić information content (AvgIpc) is 2.50. The highest BCUT2D eigenvalue weighted by Gasteiger charge is 1.96. The van der Waals surface area contributed by atoms with Gasteiger partial charge in [0.2, 0.25) is 0 Å². The van der Waals surface area contributed by atoms with E-state index in [1.807, 2.05) is 30.3 Å². The fraction of sp³-hybridized carbons (Fsp3) is 0.167. The summed E-state index contributed by atoms with van der Waals surface area (Å²) in [4.78, 5) is 10.9. The van der Waals surface area contributed by atoms with Crippen molar-refractivity contribution in [3.05, 3.63) is 71.3 Å². The van der Waals surface area contributed by atoms with Crippen LogP contribution >= 0.6 is 0 Å². The Balaban J connectivity index is 1.98. The fourth-order valence-electron chi connectivity index (χ4n) is 1.83. The van der Waals surface area contributed by atoms with E-state index in [9.17, 15) is 4.79 Å². The molecule has 0 N–H and O–H groups in total. The van der Waals surface area contributed by atoms with Crippen LogP contribution in [0.1, 0.15) is 23.1 Å². The van der Waals surface area contributed by atoms with Crippen molar-refractivity contribution >= 4 is 5.97 Å². The molecule has 0 bridgehead atoms. The van der Waals surface area contributed by atoms with Crippen molar-refractivity contribution in [3.63, 3.8) is 0 Å². The van der Waals surface area contributed by atoms with Crippen LogP contribution < -0.4 is 0 Å². The minimum Gasteiger partial charge on any atom is -0.468 e. The third kappa shape index (κ3) is 4.29. The van der Waals surface area contributed by atoms with Gasteiger partial charge in [0.05, 0.1) is 7.11 Å². The van der Waals surface area contributed by atoms with Gasteiger partial charge in [-0.1, -0.05) is 54.3 Å². The molecule has 0 aliphatic carbocycles. The lowest BCUT2D eigenvalue weighted by atomic mass is 10.0. The van der Waals surface area contributed by atoms with Crippen LogP contribution in [0.3, 0.4) is 0 Å². The van der Waals surface area contributed by atoms with Crippen molar-refractivity contribution in [1.82, 2.24) is 0 Å². The van der Waals surface area contributed by atoms with Crippen LogP contribution in [-0.2, 0) is 16.0 Å².